The van der Waals surface area contributed by atoms with Crippen LogP contribution in [0.4, 0.5) is 32.0 Å². The van der Waals surface area contributed by atoms with Crippen LogP contribution in [-0.4, -0.2) is 24.2 Å². The van der Waals surface area contributed by atoms with E-state index in [1.807, 2.05) is 0 Å². The van der Waals surface area contributed by atoms with E-state index < -0.39 is 35.7 Å². The third-order valence-corrected chi connectivity index (χ3v) is 1.79. The molecule has 0 aliphatic rings. The first kappa shape index (κ1) is 15.8. The van der Waals surface area contributed by atoms with Crippen LogP contribution in [0.1, 0.15) is 0 Å². The smallest absolute Gasteiger partial charge is 0.420 e. The zero-order valence-electron chi connectivity index (χ0n) is 9.30. The number of halogens is 6. The molecule has 0 aliphatic heterocycles. The van der Waals surface area contributed by atoms with Gasteiger partial charge in [0.1, 0.15) is 5.75 Å². The number of hydrogen-bond donors (Lipinski definition) is 1. The molecule has 1 amide bonds. The third-order valence-electron chi connectivity index (χ3n) is 1.79. The first-order chi connectivity index (χ1) is 9.00. The number of carbonyl (C=O) groups excluding carboxylic acids is 2. The van der Waals surface area contributed by atoms with Gasteiger partial charge in [-0.15, -0.1) is 0 Å². The van der Waals surface area contributed by atoms with Gasteiger partial charge in [-0.2, -0.15) is 26.3 Å². The molecule has 0 heterocycles. The Balaban J connectivity index is 2.82. The number of benzene rings is 1. The highest BCUT2D eigenvalue weighted by atomic mass is 19.4. The molecule has 0 spiro atoms. The number of alkyl halides is 6. The lowest BCUT2D eigenvalue weighted by atomic mass is 10.3. The van der Waals surface area contributed by atoms with Gasteiger partial charge in [-0.05, 0) is 12.1 Å². The SMILES string of the molecule is O=C(Nc1cccc(OC(=O)C(F)(F)F)c1)C(F)(F)F. The van der Waals surface area contributed by atoms with Crippen LogP contribution in [-0.2, 0) is 9.59 Å². The van der Waals surface area contributed by atoms with Crippen LogP contribution >= 0.6 is 0 Å². The van der Waals surface area contributed by atoms with Crippen molar-refractivity contribution in [2.75, 3.05) is 5.32 Å². The Kier molecular flexibility index (Phi) is 4.26. The van der Waals surface area contributed by atoms with Gasteiger partial charge in [-0.25, -0.2) is 4.79 Å². The fraction of sp³-hybridized carbons (Fsp3) is 0.200. The number of nitrogens with one attached hydrogen (secondary N) is 1. The fourth-order valence-corrected chi connectivity index (χ4v) is 1.00. The van der Waals surface area contributed by atoms with Gasteiger partial charge < -0.3 is 10.1 Å². The summed E-state index contributed by atoms with van der Waals surface area (Å²) in [5, 5.41) is 1.40. The van der Waals surface area contributed by atoms with Crippen LogP contribution in [0.3, 0.4) is 0 Å². The van der Waals surface area contributed by atoms with Crippen molar-refractivity contribution in [2.24, 2.45) is 0 Å². The normalized spacial score (nSPS) is 11.9. The van der Waals surface area contributed by atoms with E-state index in [9.17, 15) is 35.9 Å². The number of amides is 1. The van der Waals surface area contributed by atoms with E-state index in [0.717, 1.165) is 18.2 Å². The summed E-state index contributed by atoms with van der Waals surface area (Å²) in [4.78, 5) is 21.1. The maximum atomic E-state index is 12.0. The van der Waals surface area contributed by atoms with Gasteiger partial charge in [0.2, 0.25) is 0 Å². The lowest BCUT2D eigenvalue weighted by molar-refractivity contribution is -0.189. The van der Waals surface area contributed by atoms with Gasteiger partial charge in [0.05, 0.1) is 0 Å². The zero-order chi connectivity index (χ0) is 15.6. The number of anilines is 1. The molecule has 0 aliphatic carbocycles. The highest BCUT2D eigenvalue weighted by Gasteiger charge is 2.41. The van der Waals surface area contributed by atoms with E-state index in [0.29, 0.717) is 6.07 Å². The molecule has 0 unspecified atom stereocenters. The van der Waals surface area contributed by atoms with Crippen LogP contribution in [0.25, 0.3) is 0 Å². The Bertz CT molecular complexity index is 479. The molecule has 0 atom stereocenters. The summed E-state index contributed by atoms with van der Waals surface area (Å²) in [6.07, 6.45) is -10.4. The van der Waals surface area contributed by atoms with Crippen molar-refractivity contribution in [3.05, 3.63) is 24.3 Å². The summed E-state index contributed by atoms with van der Waals surface area (Å²) in [6.45, 7) is 0. The minimum atomic E-state index is -5.24. The zero-order valence-corrected chi connectivity index (χ0v) is 9.30. The fourth-order valence-electron chi connectivity index (χ4n) is 1.00. The molecule has 0 radical (unpaired) electrons. The molecule has 4 nitrogen and oxygen atoms in total. The summed E-state index contributed by atoms with van der Waals surface area (Å²) >= 11 is 0. The highest BCUT2D eigenvalue weighted by Crippen LogP contribution is 2.24. The molecule has 0 saturated heterocycles. The lowest BCUT2D eigenvalue weighted by Gasteiger charge is -2.10. The molecule has 1 aromatic carbocycles. The summed E-state index contributed by atoms with van der Waals surface area (Å²) in [7, 11) is 0. The summed E-state index contributed by atoms with van der Waals surface area (Å²) in [5.74, 6) is -5.50. The van der Waals surface area contributed by atoms with E-state index >= 15 is 0 Å². The lowest BCUT2D eigenvalue weighted by Crippen LogP contribution is -2.30. The summed E-state index contributed by atoms with van der Waals surface area (Å²) in [6, 6.07) is 3.54. The van der Waals surface area contributed by atoms with Gasteiger partial charge in [-0.1, -0.05) is 6.07 Å². The van der Waals surface area contributed by atoms with Gasteiger partial charge in [0.25, 0.3) is 0 Å². The van der Waals surface area contributed by atoms with Gasteiger partial charge in [-0.3, -0.25) is 4.79 Å². The quantitative estimate of drug-likeness (QED) is 0.519. The van der Waals surface area contributed by atoms with Crippen molar-refractivity contribution in [1.82, 2.24) is 0 Å². The van der Waals surface area contributed by atoms with E-state index in [1.165, 1.54) is 5.32 Å². The minimum absolute atomic E-state index is 0.472. The molecule has 0 bridgehead atoms. The maximum absolute atomic E-state index is 12.0. The molecule has 0 fully saturated rings. The van der Waals surface area contributed by atoms with Crippen molar-refractivity contribution in [3.8, 4) is 5.75 Å². The van der Waals surface area contributed by atoms with Crippen molar-refractivity contribution in [3.63, 3.8) is 0 Å². The standard InChI is InChI=1S/C10H5F6NO3/c11-9(12,13)7(18)17-5-2-1-3-6(4-5)20-8(19)10(14,15)16/h1-4H,(H,17,18). The molecule has 1 rings (SSSR count). The topological polar surface area (TPSA) is 55.4 Å². The van der Waals surface area contributed by atoms with Crippen LogP contribution < -0.4 is 10.1 Å². The van der Waals surface area contributed by atoms with Crippen LogP contribution in [0.15, 0.2) is 24.3 Å². The predicted molar refractivity (Wildman–Crippen MR) is 52.8 cm³/mol. The Morgan fingerprint density at radius 1 is 1.00 bits per heavy atom. The molecule has 10 heteroatoms. The second kappa shape index (κ2) is 5.39. The second-order valence-electron chi connectivity index (χ2n) is 3.37. The van der Waals surface area contributed by atoms with E-state index in [1.54, 1.807) is 0 Å². The van der Waals surface area contributed by atoms with Crippen molar-refractivity contribution < 1.29 is 40.7 Å². The van der Waals surface area contributed by atoms with E-state index in [-0.39, 0.29) is 0 Å². The molecule has 110 valence electrons. The first-order valence-corrected chi connectivity index (χ1v) is 4.77. The third kappa shape index (κ3) is 4.44. The molecule has 1 N–H and O–H groups in total. The molecule has 20 heavy (non-hydrogen) atoms. The monoisotopic (exact) mass is 301 g/mol. The van der Waals surface area contributed by atoms with E-state index in [2.05, 4.69) is 4.74 Å². The number of ether oxygens (including phenoxy) is 1. The molecule has 0 saturated carbocycles. The largest absolute Gasteiger partial charge is 0.491 e. The highest BCUT2D eigenvalue weighted by molar-refractivity contribution is 5.95. The summed E-state index contributed by atoms with van der Waals surface area (Å²) in [5.41, 5.74) is -0.472. The van der Waals surface area contributed by atoms with Crippen LogP contribution in [0, 0.1) is 0 Å². The number of rotatable bonds is 2. The average Bonchev–Trinajstić information content (AvgIpc) is 2.26. The maximum Gasteiger partial charge on any atom is 0.491 e. The Hall–Kier alpha value is -2.26. The Morgan fingerprint density at radius 3 is 2.10 bits per heavy atom. The number of hydrogen-bond acceptors (Lipinski definition) is 3. The molecule has 1 aromatic rings. The summed E-state index contributed by atoms with van der Waals surface area (Å²) < 4.78 is 75.5. The Morgan fingerprint density at radius 2 is 1.60 bits per heavy atom. The van der Waals surface area contributed by atoms with Gasteiger partial charge in [0, 0.05) is 11.8 Å². The predicted octanol–water partition coefficient (Wildman–Crippen LogP) is 2.66. The first-order valence-electron chi connectivity index (χ1n) is 4.77. The number of carbonyl (C=O) groups is 2. The van der Waals surface area contributed by atoms with Crippen LogP contribution in [0.5, 0.6) is 5.75 Å². The van der Waals surface area contributed by atoms with Gasteiger partial charge in [0.15, 0.2) is 0 Å². The van der Waals surface area contributed by atoms with Gasteiger partial charge >= 0.3 is 24.2 Å². The van der Waals surface area contributed by atoms with Crippen LogP contribution in [0.2, 0.25) is 0 Å². The average molecular weight is 301 g/mol. The van der Waals surface area contributed by atoms with Crippen molar-refractivity contribution in [2.45, 2.75) is 12.4 Å². The Labute approximate surface area is 107 Å². The molecular formula is C10H5F6NO3. The number of esters is 1. The molecular weight excluding hydrogens is 296 g/mol. The van der Waals surface area contributed by atoms with Crippen molar-refractivity contribution >= 4 is 17.6 Å². The molecule has 0 aromatic heterocycles. The van der Waals surface area contributed by atoms with E-state index in [4.69, 9.17) is 0 Å². The van der Waals surface area contributed by atoms with Crippen molar-refractivity contribution in [1.29, 1.82) is 0 Å². The minimum Gasteiger partial charge on any atom is -0.420 e. The second-order valence-corrected chi connectivity index (χ2v) is 3.37.